The highest BCUT2D eigenvalue weighted by atomic mass is 35.5. The molecule has 0 spiro atoms. The Balaban J connectivity index is 1.79. The molecule has 45 heavy (non-hydrogen) atoms. The molecular formula is C30H30ClF3N4O7. The Kier molecular flexibility index (Phi) is 9.78. The third-order valence-corrected chi connectivity index (χ3v) is 6.66. The Hall–Kier alpha value is -4.56. The molecule has 4 aromatic rings. The molecule has 1 aromatic carbocycles. The second kappa shape index (κ2) is 13.2. The number of amides is 1. The summed E-state index contributed by atoms with van der Waals surface area (Å²) >= 11 is 6.14. The van der Waals surface area contributed by atoms with E-state index < -0.39 is 47.6 Å². The van der Waals surface area contributed by atoms with E-state index in [1.807, 2.05) is 20.8 Å². The average molecular weight is 651 g/mol. The third-order valence-electron chi connectivity index (χ3n) is 6.43. The quantitative estimate of drug-likeness (QED) is 0.207. The summed E-state index contributed by atoms with van der Waals surface area (Å²) in [4.78, 5) is 43.5. The fourth-order valence-corrected chi connectivity index (χ4v) is 4.65. The van der Waals surface area contributed by atoms with Gasteiger partial charge in [-0.3, -0.25) is 18.6 Å². The van der Waals surface area contributed by atoms with E-state index in [0.717, 1.165) is 10.6 Å². The Bertz CT molecular complexity index is 1780. The number of fused-ring (bicyclic) bond motifs is 1. The Labute approximate surface area is 260 Å². The maximum Gasteiger partial charge on any atom is 0.422 e. The highest BCUT2D eigenvalue weighted by molar-refractivity contribution is 6.31. The van der Waals surface area contributed by atoms with Crippen LogP contribution < -0.4 is 20.3 Å². The number of carbonyl (C=O) groups excluding carboxylic acids is 1. The summed E-state index contributed by atoms with van der Waals surface area (Å²) in [6.45, 7) is 3.88. The molecule has 0 bridgehead atoms. The molecule has 11 nitrogen and oxygen atoms in total. The molecule has 0 fully saturated rings. The number of nitrogens with one attached hydrogen (secondary N) is 1. The first-order valence-corrected chi connectivity index (χ1v) is 13.9. The third kappa shape index (κ3) is 8.13. The van der Waals surface area contributed by atoms with Crippen molar-refractivity contribution in [2.24, 2.45) is 0 Å². The fourth-order valence-electron chi connectivity index (χ4n) is 4.48. The second-order valence-corrected chi connectivity index (χ2v) is 11.3. The monoisotopic (exact) mass is 650 g/mol. The van der Waals surface area contributed by atoms with Gasteiger partial charge in [-0.05, 0) is 51.1 Å². The van der Waals surface area contributed by atoms with Crippen LogP contribution in [0.1, 0.15) is 43.7 Å². The van der Waals surface area contributed by atoms with Crippen molar-refractivity contribution in [1.29, 1.82) is 0 Å². The predicted octanol–water partition coefficient (Wildman–Crippen LogP) is 5.85. The smallest absolute Gasteiger partial charge is 0.422 e. The lowest BCUT2D eigenvalue weighted by Gasteiger charge is -2.24. The number of aromatic carboxylic acids is 1. The Morgan fingerprint density at radius 3 is 2.44 bits per heavy atom. The van der Waals surface area contributed by atoms with Crippen molar-refractivity contribution >= 4 is 34.9 Å². The lowest BCUT2D eigenvalue weighted by molar-refractivity contribution is -0.153. The van der Waals surface area contributed by atoms with Gasteiger partial charge in [0.1, 0.15) is 23.2 Å². The van der Waals surface area contributed by atoms with E-state index in [0.29, 0.717) is 0 Å². The molecule has 0 saturated carbocycles. The average Bonchev–Trinajstić information content (AvgIpc) is 3.32. The van der Waals surface area contributed by atoms with Gasteiger partial charge in [0.2, 0.25) is 5.91 Å². The molecule has 0 saturated heterocycles. The number of benzene rings is 1. The number of nitrogens with zero attached hydrogens (tertiary/aromatic N) is 3. The summed E-state index contributed by atoms with van der Waals surface area (Å²) in [6.07, 6.45) is -1.89. The first kappa shape index (κ1) is 33.3. The van der Waals surface area contributed by atoms with Gasteiger partial charge in [-0.1, -0.05) is 17.7 Å². The lowest BCUT2D eigenvalue weighted by Crippen LogP contribution is -2.35. The number of imidazole rings is 1. The number of hydrogen-bond acceptors (Lipinski definition) is 7. The molecule has 0 aliphatic rings. The molecule has 15 heteroatoms. The van der Waals surface area contributed by atoms with Crippen LogP contribution in [0.3, 0.4) is 0 Å². The SMILES string of the molecule is COc1cn(C(CCOC(C)(C)C)C(=O)Nc2c(C(=O)O)nc3ccccn23)c(=O)cc1-c1cc(Cl)ccc1OCC(F)(F)F. The summed E-state index contributed by atoms with van der Waals surface area (Å²) in [7, 11) is 1.28. The van der Waals surface area contributed by atoms with Crippen LogP contribution in [0.2, 0.25) is 5.02 Å². The molecule has 3 heterocycles. The van der Waals surface area contributed by atoms with Gasteiger partial charge in [0.25, 0.3) is 5.56 Å². The van der Waals surface area contributed by atoms with Gasteiger partial charge >= 0.3 is 12.1 Å². The summed E-state index contributed by atoms with van der Waals surface area (Å²) in [5.74, 6) is -2.44. The van der Waals surface area contributed by atoms with E-state index in [4.69, 9.17) is 25.8 Å². The maximum absolute atomic E-state index is 13.8. The zero-order chi connectivity index (χ0) is 33.1. The zero-order valence-corrected chi connectivity index (χ0v) is 25.4. The minimum absolute atomic E-state index is 0.0179. The van der Waals surface area contributed by atoms with Gasteiger partial charge in [0.15, 0.2) is 18.1 Å². The molecule has 1 amide bonds. The van der Waals surface area contributed by atoms with Crippen LogP contribution in [0, 0.1) is 0 Å². The second-order valence-electron chi connectivity index (χ2n) is 10.8. The van der Waals surface area contributed by atoms with Gasteiger partial charge in [-0.25, -0.2) is 9.78 Å². The summed E-state index contributed by atoms with van der Waals surface area (Å²) < 4.78 is 57.6. The van der Waals surface area contributed by atoms with Crippen molar-refractivity contribution in [3.63, 3.8) is 0 Å². The van der Waals surface area contributed by atoms with Crippen molar-refractivity contribution in [2.75, 3.05) is 25.6 Å². The number of halogens is 4. The number of rotatable bonds is 11. The van der Waals surface area contributed by atoms with Crippen LogP contribution in [-0.2, 0) is 9.53 Å². The van der Waals surface area contributed by atoms with Crippen LogP contribution in [-0.4, -0.2) is 63.0 Å². The van der Waals surface area contributed by atoms with E-state index in [1.54, 1.807) is 18.2 Å². The molecule has 0 radical (unpaired) electrons. The van der Waals surface area contributed by atoms with Crippen molar-refractivity contribution in [1.82, 2.24) is 14.0 Å². The molecular weight excluding hydrogens is 621 g/mol. The summed E-state index contributed by atoms with van der Waals surface area (Å²) in [5, 5.41) is 12.5. The number of methoxy groups -OCH3 is 1. The van der Waals surface area contributed by atoms with Crippen LogP contribution in [0.25, 0.3) is 16.8 Å². The van der Waals surface area contributed by atoms with Gasteiger partial charge in [-0.2, -0.15) is 13.2 Å². The van der Waals surface area contributed by atoms with E-state index in [1.165, 1.54) is 42.1 Å². The highest BCUT2D eigenvalue weighted by Crippen LogP contribution is 2.38. The number of carbonyl (C=O) groups is 2. The minimum Gasteiger partial charge on any atom is -0.495 e. The molecule has 0 aliphatic carbocycles. The standard InChI is InChI=1S/C30H30ClF3N4O7/c1-29(2,3)45-12-10-20(27(40)36-26-25(28(41)42)35-23-7-5-6-11-37(23)26)38-15-22(43-4)19(14-24(38)39)18-13-17(31)8-9-21(18)44-16-30(32,33)34/h5-9,11,13-15,20H,10,12,16H2,1-4H3,(H,36,40)(H,41,42). The number of ether oxygens (including phenoxy) is 3. The number of carboxylic acid groups (broad SMARTS) is 1. The lowest BCUT2D eigenvalue weighted by atomic mass is 10.0. The van der Waals surface area contributed by atoms with Gasteiger partial charge in [0, 0.05) is 41.4 Å². The summed E-state index contributed by atoms with van der Waals surface area (Å²) in [5.41, 5.74) is -1.32. The van der Waals surface area contributed by atoms with Crippen molar-refractivity contribution in [3.8, 4) is 22.6 Å². The summed E-state index contributed by atoms with van der Waals surface area (Å²) in [6, 6.07) is 8.59. The molecule has 240 valence electrons. The number of anilines is 1. The largest absolute Gasteiger partial charge is 0.495 e. The molecule has 3 aromatic heterocycles. The normalized spacial score (nSPS) is 12.6. The molecule has 0 aliphatic heterocycles. The van der Waals surface area contributed by atoms with Crippen molar-refractivity contribution < 1.29 is 42.1 Å². The number of aromatic nitrogens is 3. The Morgan fingerprint density at radius 1 is 1.09 bits per heavy atom. The van der Waals surface area contributed by atoms with Gasteiger partial charge in [-0.15, -0.1) is 0 Å². The molecule has 4 rings (SSSR count). The fraction of sp³-hybridized carbons (Fsp3) is 0.333. The van der Waals surface area contributed by atoms with Crippen LogP contribution in [0.5, 0.6) is 11.5 Å². The first-order valence-electron chi connectivity index (χ1n) is 13.5. The maximum atomic E-state index is 13.8. The van der Waals surface area contributed by atoms with Gasteiger partial charge < -0.3 is 24.6 Å². The van der Waals surface area contributed by atoms with Crippen molar-refractivity contribution in [3.05, 3.63) is 75.9 Å². The van der Waals surface area contributed by atoms with Crippen molar-refractivity contribution in [2.45, 2.75) is 45.0 Å². The van der Waals surface area contributed by atoms with E-state index in [9.17, 15) is 32.7 Å². The molecule has 1 unspecified atom stereocenters. The topological polar surface area (TPSA) is 133 Å². The highest BCUT2D eigenvalue weighted by Gasteiger charge is 2.30. The zero-order valence-electron chi connectivity index (χ0n) is 24.6. The predicted molar refractivity (Wildman–Crippen MR) is 159 cm³/mol. The Morgan fingerprint density at radius 2 is 1.80 bits per heavy atom. The van der Waals surface area contributed by atoms with E-state index >= 15 is 0 Å². The number of alkyl halides is 3. The van der Waals surface area contributed by atoms with Crippen LogP contribution in [0.4, 0.5) is 19.0 Å². The van der Waals surface area contributed by atoms with Crippen LogP contribution in [0.15, 0.2) is 59.7 Å². The number of hydrogen-bond donors (Lipinski definition) is 2. The number of pyridine rings is 2. The molecule has 1 atom stereocenters. The minimum atomic E-state index is -4.62. The van der Waals surface area contributed by atoms with Crippen LogP contribution >= 0.6 is 11.6 Å². The molecule has 2 N–H and O–H groups in total. The first-order chi connectivity index (χ1) is 21.1. The van der Waals surface area contributed by atoms with Gasteiger partial charge in [0.05, 0.1) is 18.9 Å². The van der Waals surface area contributed by atoms with E-state index in [-0.39, 0.29) is 52.1 Å². The van der Waals surface area contributed by atoms with E-state index in [2.05, 4.69) is 10.3 Å². The number of carboxylic acids is 1.